The summed E-state index contributed by atoms with van der Waals surface area (Å²) in [6, 6.07) is 3.27. The fraction of sp³-hybridized carbons (Fsp3) is 0.750. The maximum atomic E-state index is 5.50. The first kappa shape index (κ1) is 20.6. The molecular formula is C20H35N5OS. The third-order valence-electron chi connectivity index (χ3n) is 5.87. The van der Waals surface area contributed by atoms with Crippen molar-refractivity contribution in [2.45, 2.75) is 32.4 Å². The summed E-state index contributed by atoms with van der Waals surface area (Å²) < 4.78 is 5.50. The van der Waals surface area contributed by atoms with E-state index in [0.29, 0.717) is 12.1 Å². The minimum absolute atomic E-state index is 0.389. The third kappa shape index (κ3) is 5.22. The van der Waals surface area contributed by atoms with E-state index in [4.69, 9.17) is 4.74 Å². The molecule has 2 aliphatic heterocycles. The van der Waals surface area contributed by atoms with Gasteiger partial charge in [0.25, 0.3) is 0 Å². The summed E-state index contributed by atoms with van der Waals surface area (Å²) in [5.41, 5.74) is 1.40. The summed E-state index contributed by atoms with van der Waals surface area (Å²) in [5.74, 6) is 1.04. The minimum atomic E-state index is 0.389. The molecule has 0 radical (unpaired) electrons. The Balaban J connectivity index is 1.57. The lowest BCUT2D eigenvalue weighted by Crippen LogP contribution is -2.47. The van der Waals surface area contributed by atoms with E-state index in [1.54, 1.807) is 11.3 Å². The van der Waals surface area contributed by atoms with Crippen LogP contribution in [0.2, 0.25) is 0 Å². The van der Waals surface area contributed by atoms with Gasteiger partial charge < -0.3 is 15.0 Å². The zero-order chi connectivity index (χ0) is 19.1. The van der Waals surface area contributed by atoms with Crippen LogP contribution in [0.5, 0.6) is 0 Å². The van der Waals surface area contributed by atoms with Crippen molar-refractivity contribution >= 4 is 17.3 Å². The molecule has 0 aliphatic carbocycles. The first-order valence-corrected chi connectivity index (χ1v) is 11.2. The Morgan fingerprint density at radius 1 is 1.33 bits per heavy atom. The number of guanidine groups is 1. The van der Waals surface area contributed by atoms with Gasteiger partial charge in [0.15, 0.2) is 5.96 Å². The Morgan fingerprint density at radius 2 is 2.11 bits per heavy atom. The molecule has 2 fully saturated rings. The van der Waals surface area contributed by atoms with Crippen molar-refractivity contribution in [3.05, 3.63) is 22.4 Å². The Hall–Kier alpha value is -1.15. The highest BCUT2D eigenvalue weighted by Gasteiger charge is 2.30. The summed E-state index contributed by atoms with van der Waals surface area (Å²) in [7, 11) is 1.90. The maximum absolute atomic E-state index is 5.50. The molecule has 2 aliphatic rings. The van der Waals surface area contributed by atoms with Crippen LogP contribution in [0.1, 0.15) is 31.9 Å². The molecule has 2 atom stereocenters. The number of likely N-dealkylation sites (tertiary alicyclic amines) is 1. The first-order valence-electron chi connectivity index (χ1n) is 10.3. The molecule has 3 heterocycles. The second-order valence-corrected chi connectivity index (χ2v) is 8.04. The number of ether oxygens (including phenoxy) is 1. The SMILES string of the molecule is CCN(CC)C(CNC(=NC)N1CCC(N2CCOCC2)C1)c1ccsc1. The van der Waals surface area contributed by atoms with Crippen LogP contribution in [0.25, 0.3) is 0 Å². The number of hydrogen-bond donors (Lipinski definition) is 1. The molecular weight excluding hydrogens is 358 g/mol. The number of nitrogens with one attached hydrogen (secondary N) is 1. The fourth-order valence-corrected chi connectivity index (χ4v) is 4.99. The summed E-state index contributed by atoms with van der Waals surface area (Å²) in [4.78, 5) is 12.1. The molecule has 0 spiro atoms. The van der Waals surface area contributed by atoms with Gasteiger partial charge in [-0.2, -0.15) is 11.3 Å². The smallest absolute Gasteiger partial charge is 0.193 e. The van der Waals surface area contributed by atoms with Crippen LogP contribution in [-0.4, -0.2) is 92.8 Å². The quantitative estimate of drug-likeness (QED) is 0.568. The summed E-state index contributed by atoms with van der Waals surface area (Å²) in [6.07, 6.45) is 1.21. The van der Waals surface area contributed by atoms with Crippen LogP contribution in [-0.2, 0) is 4.74 Å². The molecule has 7 heteroatoms. The molecule has 27 heavy (non-hydrogen) atoms. The van der Waals surface area contributed by atoms with E-state index in [-0.39, 0.29) is 0 Å². The average Bonchev–Trinajstić information content (AvgIpc) is 3.41. The molecule has 152 valence electrons. The number of rotatable bonds is 7. The molecule has 1 N–H and O–H groups in total. The topological polar surface area (TPSA) is 43.3 Å². The van der Waals surface area contributed by atoms with E-state index in [0.717, 1.165) is 65.0 Å². The maximum Gasteiger partial charge on any atom is 0.193 e. The summed E-state index contributed by atoms with van der Waals surface area (Å²) >= 11 is 1.78. The molecule has 0 amide bonds. The van der Waals surface area contributed by atoms with Crippen molar-refractivity contribution < 1.29 is 4.74 Å². The highest BCUT2D eigenvalue weighted by atomic mass is 32.1. The van der Waals surface area contributed by atoms with Crippen LogP contribution in [0, 0.1) is 0 Å². The molecule has 2 saturated heterocycles. The monoisotopic (exact) mass is 393 g/mol. The van der Waals surface area contributed by atoms with Crippen LogP contribution in [0.15, 0.2) is 21.8 Å². The van der Waals surface area contributed by atoms with Crippen molar-refractivity contribution in [2.75, 3.05) is 66.1 Å². The van der Waals surface area contributed by atoms with Crippen molar-refractivity contribution in [1.29, 1.82) is 0 Å². The zero-order valence-corrected chi connectivity index (χ0v) is 17.9. The minimum Gasteiger partial charge on any atom is -0.379 e. The van der Waals surface area contributed by atoms with Crippen molar-refractivity contribution in [3.63, 3.8) is 0 Å². The normalized spacial score (nSPS) is 23.2. The van der Waals surface area contributed by atoms with Gasteiger partial charge in [-0.3, -0.25) is 14.8 Å². The molecule has 0 bridgehead atoms. The second kappa shape index (κ2) is 10.4. The molecule has 3 rings (SSSR count). The standard InChI is InChI=1S/C20H35N5OS/c1-4-23(5-2)19(17-7-13-27-16-17)14-22-20(21-3)25-8-6-18(15-25)24-9-11-26-12-10-24/h7,13,16,18-19H,4-6,8-12,14-15H2,1-3H3,(H,21,22). The van der Waals surface area contributed by atoms with Crippen molar-refractivity contribution in [2.24, 2.45) is 4.99 Å². The fourth-order valence-electron chi connectivity index (χ4n) is 4.28. The number of aliphatic imine (C=N–C) groups is 1. The third-order valence-corrected chi connectivity index (χ3v) is 6.57. The lowest BCUT2D eigenvalue weighted by atomic mass is 10.1. The lowest BCUT2D eigenvalue weighted by Gasteiger charge is -2.33. The number of thiophene rings is 1. The predicted octanol–water partition coefficient (Wildman–Crippen LogP) is 2.11. The van der Waals surface area contributed by atoms with E-state index >= 15 is 0 Å². The number of likely N-dealkylation sites (N-methyl/N-ethyl adjacent to an activating group) is 1. The van der Waals surface area contributed by atoms with E-state index in [1.807, 2.05) is 7.05 Å². The van der Waals surface area contributed by atoms with Gasteiger partial charge in [-0.25, -0.2) is 0 Å². The van der Waals surface area contributed by atoms with E-state index in [9.17, 15) is 0 Å². The van der Waals surface area contributed by atoms with Gasteiger partial charge in [-0.05, 0) is 41.9 Å². The van der Waals surface area contributed by atoms with E-state index in [2.05, 4.69) is 55.7 Å². The number of hydrogen-bond acceptors (Lipinski definition) is 5. The highest BCUT2D eigenvalue weighted by Crippen LogP contribution is 2.23. The van der Waals surface area contributed by atoms with E-state index < -0.39 is 0 Å². The van der Waals surface area contributed by atoms with Gasteiger partial charge in [0, 0.05) is 45.8 Å². The molecule has 1 aromatic heterocycles. The molecule has 1 aromatic rings. The van der Waals surface area contributed by atoms with Crippen LogP contribution < -0.4 is 5.32 Å². The van der Waals surface area contributed by atoms with Crippen LogP contribution >= 0.6 is 11.3 Å². The molecule has 6 nitrogen and oxygen atoms in total. The Kier molecular flexibility index (Phi) is 7.93. The Morgan fingerprint density at radius 3 is 2.74 bits per heavy atom. The number of nitrogens with zero attached hydrogens (tertiary/aromatic N) is 4. The second-order valence-electron chi connectivity index (χ2n) is 7.26. The Bertz CT molecular complexity index is 569. The van der Waals surface area contributed by atoms with Gasteiger partial charge >= 0.3 is 0 Å². The van der Waals surface area contributed by atoms with Gasteiger partial charge in [0.1, 0.15) is 0 Å². The van der Waals surface area contributed by atoms with Crippen molar-refractivity contribution in [3.8, 4) is 0 Å². The van der Waals surface area contributed by atoms with E-state index in [1.165, 1.54) is 12.0 Å². The Labute approximate surface area is 168 Å². The van der Waals surface area contributed by atoms with Crippen molar-refractivity contribution in [1.82, 2.24) is 20.0 Å². The van der Waals surface area contributed by atoms with Gasteiger partial charge in [-0.15, -0.1) is 0 Å². The van der Waals surface area contributed by atoms with Gasteiger partial charge in [0.2, 0.25) is 0 Å². The zero-order valence-electron chi connectivity index (χ0n) is 17.1. The highest BCUT2D eigenvalue weighted by molar-refractivity contribution is 7.07. The molecule has 0 saturated carbocycles. The van der Waals surface area contributed by atoms with Gasteiger partial charge in [-0.1, -0.05) is 13.8 Å². The average molecular weight is 394 g/mol. The number of morpholine rings is 1. The predicted molar refractivity (Wildman–Crippen MR) is 114 cm³/mol. The lowest BCUT2D eigenvalue weighted by molar-refractivity contribution is 0.0194. The summed E-state index contributed by atoms with van der Waals surface area (Å²) in [5, 5.41) is 8.12. The van der Waals surface area contributed by atoms with Crippen LogP contribution in [0.3, 0.4) is 0 Å². The molecule has 0 aromatic carbocycles. The summed E-state index contributed by atoms with van der Waals surface area (Å²) in [6.45, 7) is 13.5. The van der Waals surface area contributed by atoms with Gasteiger partial charge in [0.05, 0.1) is 19.3 Å². The molecule has 2 unspecified atom stereocenters. The first-order chi connectivity index (χ1) is 13.3. The van der Waals surface area contributed by atoms with Crippen LogP contribution in [0.4, 0.5) is 0 Å². The largest absolute Gasteiger partial charge is 0.379 e.